The molecule has 0 aliphatic heterocycles. The number of amides is 1. The van der Waals surface area contributed by atoms with Crippen molar-refractivity contribution in [2.75, 3.05) is 12.4 Å². The fourth-order valence-electron chi connectivity index (χ4n) is 1.37. The zero-order valence-corrected chi connectivity index (χ0v) is 11.2. The van der Waals surface area contributed by atoms with Gasteiger partial charge < -0.3 is 15.4 Å². The topological polar surface area (TPSA) is 115 Å². The monoisotopic (exact) mass is 285 g/mol. The molecule has 0 saturated carbocycles. The molecule has 0 fully saturated rings. The summed E-state index contributed by atoms with van der Waals surface area (Å²) in [5, 5.41) is 11.4. The normalized spacial score (nSPS) is 12.6. The number of aliphatic hydroxyl groups is 1. The molecule has 1 rings (SSSR count). The van der Waals surface area contributed by atoms with E-state index in [2.05, 4.69) is 27.9 Å². The van der Waals surface area contributed by atoms with Crippen molar-refractivity contribution in [3.05, 3.63) is 38.2 Å². The molecule has 1 amide bonds. The SMILES string of the molecule is Cc1[nH]c(=O)[nH]c(=O)c1/C=C/C(=O)N[C@@H](CO)CS. The van der Waals surface area contributed by atoms with Gasteiger partial charge in [0.1, 0.15) is 0 Å². The van der Waals surface area contributed by atoms with Crippen LogP contribution in [0.15, 0.2) is 15.7 Å². The minimum Gasteiger partial charge on any atom is -0.394 e. The molecular formula is C11H15N3O4S. The maximum Gasteiger partial charge on any atom is 0.325 e. The lowest BCUT2D eigenvalue weighted by molar-refractivity contribution is -0.117. The van der Waals surface area contributed by atoms with E-state index in [4.69, 9.17) is 5.11 Å². The number of thiol groups is 1. The molecule has 0 saturated heterocycles. The number of nitrogens with one attached hydrogen (secondary N) is 3. The van der Waals surface area contributed by atoms with E-state index in [1.165, 1.54) is 6.08 Å². The summed E-state index contributed by atoms with van der Waals surface area (Å²) in [4.78, 5) is 38.5. The van der Waals surface area contributed by atoms with E-state index < -0.39 is 23.2 Å². The third-order valence-electron chi connectivity index (χ3n) is 2.37. The van der Waals surface area contributed by atoms with E-state index in [-0.39, 0.29) is 12.2 Å². The molecule has 8 heteroatoms. The van der Waals surface area contributed by atoms with E-state index in [0.717, 1.165) is 6.08 Å². The van der Waals surface area contributed by atoms with Crippen LogP contribution in [0.4, 0.5) is 0 Å². The number of H-pyrrole nitrogens is 2. The van der Waals surface area contributed by atoms with Crippen molar-refractivity contribution < 1.29 is 9.90 Å². The molecule has 0 unspecified atom stereocenters. The highest BCUT2D eigenvalue weighted by Crippen LogP contribution is 1.98. The first-order valence-electron chi connectivity index (χ1n) is 5.51. The number of carbonyl (C=O) groups excluding carboxylic acids is 1. The third kappa shape index (κ3) is 4.42. The number of rotatable bonds is 5. The first-order chi connectivity index (χ1) is 8.97. The van der Waals surface area contributed by atoms with Crippen LogP contribution in [0.1, 0.15) is 11.3 Å². The summed E-state index contributed by atoms with van der Waals surface area (Å²) in [6.07, 6.45) is 2.45. The van der Waals surface area contributed by atoms with Gasteiger partial charge in [-0.2, -0.15) is 12.6 Å². The molecule has 1 atom stereocenters. The van der Waals surface area contributed by atoms with Gasteiger partial charge in [-0.1, -0.05) is 0 Å². The van der Waals surface area contributed by atoms with Gasteiger partial charge in [0.15, 0.2) is 0 Å². The number of hydrogen-bond donors (Lipinski definition) is 5. The van der Waals surface area contributed by atoms with Crippen molar-refractivity contribution in [1.82, 2.24) is 15.3 Å². The minimum absolute atomic E-state index is 0.196. The summed E-state index contributed by atoms with van der Waals surface area (Å²) < 4.78 is 0. The maximum absolute atomic E-state index is 11.5. The molecule has 19 heavy (non-hydrogen) atoms. The lowest BCUT2D eigenvalue weighted by atomic mass is 10.2. The molecule has 0 spiro atoms. The predicted molar refractivity (Wildman–Crippen MR) is 74.3 cm³/mol. The van der Waals surface area contributed by atoms with Crippen molar-refractivity contribution in [3.63, 3.8) is 0 Å². The Morgan fingerprint density at radius 1 is 1.47 bits per heavy atom. The van der Waals surface area contributed by atoms with Gasteiger partial charge in [0.2, 0.25) is 5.91 Å². The van der Waals surface area contributed by atoms with Crippen LogP contribution in [-0.2, 0) is 4.79 Å². The van der Waals surface area contributed by atoms with Crippen LogP contribution in [0.3, 0.4) is 0 Å². The van der Waals surface area contributed by atoms with E-state index in [9.17, 15) is 14.4 Å². The smallest absolute Gasteiger partial charge is 0.325 e. The molecule has 1 heterocycles. The molecular weight excluding hydrogens is 270 g/mol. The second-order valence-corrected chi connectivity index (χ2v) is 4.22. The van der Waals surface area contributed by atoms with E-state index in [1.807, 2.05) is 0 Å². The Labute approximate surface area is 114 Å². The quantitative estimate of drug-likeness (QED) is 0.345. The average molecular weight is 285 g/mol. The zero-order chi connectivity index (χ0) is 14.4. The molecule has 0 bridgehead atoms. The Kier molecular flexibility index (Phi) is 5.58. The molecule has 1 aromatic heterocycles. The molecule has 0 aromatic carbocycles. The Morgan fingerprint density at radius 2 is 2.16 bits per heavy atom. The number of aromatic amines is 2. The highest BCUT2D eigenvalue weighted by atomic mass is 32.1. The summed E-state index contributed by atoms with van der Waals surface area (Å²) in [7, 11) is 0. The first kappa shape index (κ1) is 15.3. The van der Waals surface area contributed by atoms with Gasteiger partial charge in [-0.3, -0.25) is 14.6 Å². The Balaban J connectivity index is 2.85. The lowest BCUT2D eigenvalue weighted by Crippen LogP contribution is -2.37. The molecule has 0 radical (unpaired) electrons. The van der Waals surface area contributed by atoms with Crippen molar-refractivity contribution in [1.29, 1.82) is 0 Å². The largest absolute Gasteiger partial charge is 0.394 e. The van der Waals surface area contributed by atoms with Gasteiger partial charge in [0.25, 0.3) is 5.56 Å². The van der Waals surface area contributed by atoms with E-state index in [0.29, 0.717) is 11.4 Å². The second-order valence-electron chi connectivity index (χ2n) is 3.85. The summed E-state index contributed by atoms with van der Waals surface area (Å²) in [5.41, 5.74) is -0.607. The average Bonchev–Trinajstić information content (AvgIpc) is 2.34. The number of carbonyl (C=O) groups is 1. The zero-order valence-electron chi connectivity index (χ0n) is 10.3. The van der Waals surface area contributed by atoms with Crippen molar-refractivity contribution in [2.45, 2.75) is 13.0 Å². The highest BCUT2D eigenvalue weighted by molar-refractivity contribution is 7.80. The minimum atomic E-state index is -0.598. The summed E-state index contributed by atoms with van der Waals surface area (Å²) in [6.45, 7) is 1.33. The van der Waals surface area contributed by atoms with E-state index in [1.54, 1.807) is 6.92 Å². The van der Waals surface area contributed by atoms with Gasteiger partial charge in [-0.15, -0.1) is 0 Å². The lowest BCUT2D eigenvalue weighted by Gasteiger charge is -2.11. The molecule has 0 aliphatic rings. The van der Waals surface area contributed by atoms with Crippen LogP contribution in [0, 0.1) is 6.92 Å². The van der Waals surface area contributed by atoms with Gasteiger partial charge in [-0.05, 0) is 13.0 Å². The van der Waals surface area contributed by atoms with Crippen molar-refractivity contribution in [2.24, 2.45) is 0 Å². The Hall–Kier alpha value is -1.80. The molecule has 4 N–H and O–H groups in total. The van der Waals surface area contributed by atoms with Crippen LogP contribution in [0.2, 0.25) is 0 Å². The number of aryl methyl sites for hydroxylation is 1. The molecule has 0 aliphatic carbocycles. The molecule has 7 nitrogen and oxygen atoms in total. The molecule has 104 valence electrons. The van der Waals surface area contributed by atoms with E-state index >= 15 is 0 Å². The number of aromatic nitrogens is 2. The van der Waals surface area contributed by atoms with Gasteiger partial charge in [0.05, 0.1) is 18.2 Å². The standard InChI is InChI=1S/C11H15N3O4S/c1-6-8(10(17)14-11(18)12-6)2-3-9(16)13-7(4-15)5-19/h2-3,7,15,19H,4-5H2,1H3,(H,13,16)(H2,12,14,17,18)/b3-2+/t7-/m0/s1. The van der Waals surface area contributed by atoms with Crippen molar-refractivity contribution >= 4 is 24.6 Å². The summed E-state index contributed by atoms with van der Waals surface area (Å²) in [6, 6.07) is -0.449. The second kappa shape index (κ2) is 6.95. The Morgan fingerprint density at radius 3 is 2.68 bits per heavy atom. The predicted octanol–water partition coefficient (Wildman–Crippen LogP) is -1.21. The molecule has 1 aromatic rings. The van der Waals surface area contributed by atoms with Crippen LogP contribution >= 0.6 is 12.6 Å². The first-order valence-corrected chi connectivity index (χ1v) is 6.14. The van der Waals surface area contributed by atoms with Crippen LogP contribution in [0.25, 0.3) is 6.08 Å². The van der Waals surface area contributed by atoms with Gasteiger partial charge in [0, 0.05) is 17.5 Å². The summed E-state index contributed by atoms with van der Waals surface area (Å²) >= 11 is 3.96. The Bertz CT molecular complexity index is 586. The number of hydrogen-bond acceptors (Lipinski definition) is 5. The third-order valence-corrected chi connectivity index (χ3v) is 2.81. The fraction of sp³-hybridized carbons (Fsp3) is 0.364. The summed E-state index contributed by atoms with van der Waals surface area (Å²) in [5.74, 6) is -0.160. The van der Waals surface area contributed by atoms with Crippen LogP contribution < -0.4 is 16.6 Å². The van der Waals surface area contributed by atoms with Crippen molar-refractivity contribution in [3.8, 4) is 0 Å². The number of aliphatic hydroxyl groups excluding tert-OH is 1. The van der Waals surface area contributed by atoms with Crippen LogP contribution in [0.5, 0.6) is 0 Å². The highest BCUT2D eigenvalue weighted by Gasteiger charge is 2.07. The van der Waals surface area contributed by atoms with Crippen LogP contribution in [-0.4, -0.2) is 39.4 Å². The fourth-order valence-corrected chi connectivity index (χ4v) is 1.57. The van der Waals surface area contributed by atoms with Gasteiger partial charge >= 0.3 is 5.69 Å². The maximum atomic E-state index is 11.5. The van der Waals surface area contributed by atoms with Gasteiger partial charge in [-0.25, -0.2) is 4.79 Å².